The van der Waals surface area contributed by atoms with Crippen molar-refractivity contribution in [2.45, 2.75) is 12.8 Å². The second kappa shape index (κ2) is 4.55. The molecule has 0 radical (unpaired) electrons. The third kappa shape index (κ3) is 3.20. The van der Waals surface area contributed by atoms with Crippen LogP contribution in [-0.2, 0) is 11.2 Å². The van der Waals surface area contributed by atoms with Crippen molar-refractivity contribution >= 4 is 6.29 Å². The van der Waals surface area contributed by atoms with Gasteiger partial charge in [0.15, 0.2) is 0 Å². The summed E-state index contributed by atoms with van der Waals surface area (Å²) in [5.41, 5.74) is 1.83. The molecule has 0 aliphatic heterocycles. The van der Waals surface area contributed by atoms with E-state index in [1.165, 1.54) is 12.1 Å². The Bertz CT molecular complexity index is 300. The highest BCUT2D eigenvalue weighted by atomic mass is 19.1. The Labute approximate surface area is 76.9 Å². The number of carbonyl (C=O) groups is 1. The van der Waals surface area contributed by atoms with Crippen LogP contribution in [0.15, 0.2) is 36.4 Å². The fourth-order valence-corrected chi connectivity index (χ4v) is 1.08. The monoisotopic (exact) mass is 178 g/mol. The molecule has 1 nitrogen and oxygen atoms in total. The summed E-state index contributed by atoms with van der Waals surface area (Å²) >= 11 is 0. The first-order valence-electron chi connectivity index (χ1n) is 4.07. The number of aldehydes is 1. The number of hydrogen-bond donors (Lipinski definition) is 0. The summed E-state index contributed by atoms with van der Waals surface area (Å²) < 4.78 is 12.5. The number of allylic oxidation sites excluding steroid dienone is 1. The van der Waals surface area contributed by atoms with E-state index in [1.807, 2.05) is 0 Å². The zero-order valence-electron chi connectivity index (χ0n) is 7.29. The van der Waals surface area contributed by atoms with Gasteiger partial charge in [-0.3, -0.25) is 0 Å². The van der Waals surface area contributed by atoms with Crippen LogP contribution in [0.1, 0.15) is 12.0 Å². The zero-order chi connectivity index (χ0) is 9.68. The van der Waals surface area contributed by atoms with Crippen LogP contribution in [0.25, 0.3) is 0 Å². The summed E-state index contributed by atoms with van der Waals surface area (Å²) in [4.78, 5) is 10.1. The third-order valence-electron chi connectivity index (χ3n) is 1.74. The molecule has 0 amide bonds. The molecule has 0 unspecified atom stereocenters. The molecular weight excluding hydrogens is 167 g/mol. The van der Waals surface area contributed by atoms with Gasteiger partial charge in [0.25, 0.3) is 0 Å². The molecule has 0 aliphatic carbocycles. The first-order valence-corrected chi connectivity index (χ1v) is 4.07. The largest absolute Gasteiger partial charge is 0.303 e. The van der Waals surface area contributed by atoms with Gasteiger partial charge >= 0.3 is 0 Å². The molecule has 0 bridgehead atoms. The van der Waals surface area contributed by atoms with Crippen LogP contribution in [0.3, 0.4) is 0 Å². The normalized spacial score (nSPS) is 9.62. The Balaban J connectivity index is 2.59. The number of benzene rings is 1. The van der Waals surface area contributed by atoms with E-state index in [0.29, 0.717) is 12.8 Å². The van der Waals surface area contributed by atoms with Crippen LogP contribution in [-0.4, -0.2) is 6.29 Å². The average Bonchev–Trinajstić information content (AvgIpc) is 2.09. The number of halogens is 1. The molecule has 2 heteroatoms. The lowest BCUT2D eigenvalue weighted by Crippen LogP contribution is -1.90. The molecule has 68 valence electrons. The van der Waals surface area contributed by atoms with Crippen molar-refractivity contribution in [1.29, 1.82) is 0 Å². The first-order chi connectivity index (χ1) is 6.22. The molecule has 0 fully saturated rings. The van der Waals surface area contributed by atoms with E-state index in [1.54, 1.807) is 12.1 Å². The molecule has 0 heterocycles. The van der Waals surface area contributed by atoms with E-state index >= 15 is 0 Å². The lowest BCUT2D eigenvalue weighted by Gasteiger charge is -2.01. The van der Waals surface area contributed by atoms with Crippen LogP contribution in [0.4, 0.5) is 4.39 Å². The molecule has 0 atom stereocenters. The molecule has 13 heavy (non-hydrogen) atoms. The van der Waals surface area contributed by atoms with E-state index in [4.69, 9.17) is 0 Å². The summed E-state index contributed by atoms with van der Waals surface area (Å²) in [5.74, 6) is -0.246. The van der Waals surface area contributed by atoms with Crippen LogP contribution in [0.5, 0.6) is 0 Å². The summed E-state index contributed by atoms with van der Waals surface area (Å²) in [6.45, 7) is 3.74. The summed E-state index contributed by atoms with van der Waals surface area (Å²) in [7, 11) is 0. The predicted molar refractivity (Wildman–Crippen MR) is 49.9 cm³/mol. The van der Waals surface area contributed by atoms with E-state index in [9.17, 15) is 9.18 Å². The number of rotatable bonds is 4. The smallest absolute Gasteiger partial charge is 0.124 e. The van der Waals surface area contributed by atoms with Crippen molar-refractivity contribution in [3.05, 3.63) is 47.8 Å². The minimum Gasteiger partial charge on any atom is -0.303 e. The minimum atomic E-state index is -0.246. The fraction of sp³-hybridized carbons (Fsp3) is 0.182. The Morgan fingerprint density at radius 3 is 2.54 bits per heavy atom. The van der Waals surface area contributed by atoms with E-state index in [-0.39, 0.29) is 5.82 Å². The topological polar surface area (TPSA) is 17.1 Å². The average molecular weight is 178 g/mol. The Morgan fingerprint density at radius 2 is 2.00 bits per heavy atom. The van der Waals surface area contributed by atoms with E-state index in [2.05, 4.69) is 6.58 Å². The summed E-state index contributed by atoms with van der Waals surface area (Å²) in [5, 5.41) is 0. The van der Waals surface area contributed by atoms with Gasteiger partial charge in [0.1, 0.15) is 12.1 Å². The third-order valence-corrected chi connectivity index (χ3v) is 1.74. The van der Waals surface area contributed by atoms with Crippen molar-refractivity contribution in [2.24, 2.45) is 0 Å². The molecule has 1 aromatic rings. The van der Waals surface area contributed by atoms with Gasteiger partial charge in [0.2, 0.25) is 0 Å². The van der Waals surface area contributed by atoms with Crippen LogP contribution in [0, 0.1) is 5.82 Å². The maximum Gasteiger partial charge on any atom is 0.124 e. The molecule has 0 saturated carbocycles. The van der Waals surface area contributed by atoms with Crippen molar-refractivity contribution in [2.75, 3.05) is 0 Å². The number of carbonyl (C=O) groups excluding carboxylic acids is 1. The summed E-state index contributed by atoms with van der Waals surface area (Å²) in [6, 6.07) is 6.21. The Morgan fingerprint density at radius 1 is 1.38 bits per heavy atom. The van der Waals surface area contributed by atoms with Crippen LogP contribution in [0.2, 0.25) is 0 Å². The van der Waals surface area contributed by atoms with Gasteiger partial charge in [0, 0.05) is 6.42 Å². The first kappa shape index (κ1) is 9.65. The maximum atomic E-state index is 12.5. The molecule has 1 rings (SSSR count). The highest BCUT2D eigenvalue weighted by Gasteiger charge is 1.97. The van der Waals surface area contributed by atoms with Gasteiger partial charge < -0.3 is 4.79 Å². The van der Waals surface area contributed by atoms with Gasteiger partial charge in [-0.1, -0.05) is 24.3 Å². The molecule has 1 aromatic carbocycles. The molecular formula is C11H11FO. The minimum absolute atomic E-state index is 0.246. The van der Waals surface area contributed by atoms with Crippen molar-refractivity contribution in [1.82, 2.24) is 0 Å². The standard InChI is InChI=1S/C11H11FO/c1-9(6-7-13)8-10-2-4-11(12)5-3-10/h2-5,7H,1,6,8H2. The Kier molecular flexibility index (Phi) is 3.38. The molecule has 0 spiro atoms. The van der Waals surface area contributed by atoms with Gasteiger partial charge in [0.05, 0.1) is 0 Å². The van der Waals surface area contributed by atoms with Crippen molar-refractivity contribution in [3.8, 4) is 0 Å². The quantitative estimate of drug-likeness (QED) is 0.511. The maximum absolute atomic E-state index is 12.5. The molecule has 0 N–H and O–H groups in total. The van der Waals surface area contributed by atoms with Crippen molar-refractivity contribution in [3.63, 3.8) is 0 Å². The van der Waals surface area contributed by atoms with Crippen LogP contribution >= 0.6 is 0 Å². The predicted octanol–water partition coefficient (Wildman–Crippen LogP) is 2.51. The van der Waals surface area contributed by atoms with Crippen LogP contribution < -0.4 is 0 Å². The van der Waals surface area contributed by atoms with Crippen molar-refractivity contribution < 1.29 is 9.18 Å². The molecule has 0 aliphatic rings. The number of hydrogen-bond acceptors (Lipinski definition) is 1. The van der Waals surface area contributed by atoms with Gasteiger partial charge in [-0.05, 0) is 24.1 Å². The second-order valence-corrected chi connectivity index (χ2v) is 2.92. The lowest BCUT2D eigenvalue weighted by molar-refractivity contribution is -0.107. The fourth-order valence-electron chi connectivity index (χ4n) is 1.08. The summed E-state index contributed by atoms with van der Waals surface area (Å²) in [6.07, 6.45) is 1.84. The molecule has 0 saturated heterocycles. The second-order valence-electron chi connectivity index (χ2n) is 2.92. The van der Waals surface area contributed by atoms with E-state index in [0.717, 1.165) is 17.4 Å². The SMILES string of the molecule is C=C(CC=O)Cc1ccc(F)cc1. The van der Waals surface area contributed by atoms with E-state index < -0.39 is 0 Å². The van der Waals surface area contributed by atoms with Gasteiger partial charge in [-0.2, -0.15) is 0 Å². The van der Waals surface area contributed by atoms with Gasteiger partial charge in [-0.15, -0.1) is 0 Å². The highest BCUT2D eigenvalue weighted by molar-refractivity contribution is 5.54. The van der Waals surface area contributed by atoms with Gasteiger partial charge in [-0.25, -0.2) is 4.39 Å². The Hall–Kier alpha value is -1.44. The lowest BCUT2D eigenvalue weighted by atomic mass is 10.0. The molecule has 0 aromatic heterocycles. The zero-order valence-corrected chi connectivity index (χ0v) is 7.29. The highest BCUT2D eigenvalue weighted by Crippen LogP contribution is 2.09.